The van der Waals surface area contributed by atoms with Crippen molar-refractivity contribution < 1.29 is 9.90 Å². The number of hydrogen-bond acceptors (Lipinski definition) is 3. The normalized spacial score (nSPS) is 10.9. The fraction of sp³-hybridized carbons (Fsp3) is 0.188. The number of carboxylic acid groups (broad SMARTS) is 1. The van der Waals surface area contributed by atoms with Crippen LogP contribution < -0.4 is 0 Å². The predicted octanol–water partition coefficient (Wildman–Crippen LogP) is 4.73. The maximum atomic E-state index is 11.0. The summed E-state index contributed by atoms with van der Waals surface area (Å²) in [6.07, 6.45) is 0. The molecular weight excluding hydrogens is 252 g/mol. The van der Waals surface area contributed by atoms with Gasteiger partial charge in [-0.15, -0.1) is 0 Å². The Morgan fingerprint density at radius 3 is 1.75 bits per heavy atom. The van der Waals surface area contributed by atoms with Gasteiger partial charge in [0, 0.05) is 0 Å². The highest BCUT2D eigenvalue weighted by atomic mass is 16.4. The Morgan fingerprint density at radius 2 is 1.25 bits per heavy atom. The highest BCUT2D eigenvalue weighted by molar-refractivity contribution is 5.88. The van der Waals surface area contributed by atoms with E-state index in [0.717, 1.165) is 22.4 Å². The first-order valence-electron chi connectivity index (χ1n) is 6.29. The van der Waals surface area contributed by atoms with Crippen molar-refractivity contribution in [1.82, 2.24) is 0 Å². The molecule has 0 bridgehead atoms. The third kappa shape index (κ3) is 3.51. The van der Waals surface area contributed by atoms with Gasteiger partial charge in [0.05, 0.1) is 16.9 Å². The summed E-state index contributed by atoms with van der Waals surface area (Å²) in [5, 5.41) is 17.3. The van der Waals surface area contributed by atoms with Crippen LogP contribution in [0.3, 0.4) is 0 Å². The first kappa shape index (κ1) is 13.9. The van der Waals surface area contributed by atoms with Crippen molar-refractivity contribution in [3.05, 3.63) is 58.7 Å². The second-order valence-corrected chi connectivity index (χ2v) is 4.91. The molecule has 0 fully saturated rings. The van der Waals surface area contributed by atoms with E-state index in [-0.39, 0.29) is 5.56 Å². The summed E-state index contributed by atoms with van der Waals surface area (Å²) in [5.74, 6) is -0.962. The molecule has 0 radical (unpaired) electrons. The van der Waals surface area contributed by atoms with E-state index in [9.17, 15) is 4.79 Å². The third-order valence-electron chi connectivity index (χ3n) is 2.80. The van der Waals surface area contributed by atoms with Crippen LogP contribution in [0.2, 0.25) is 0 Å². The number of nitrogens with zero attached hydrogens (tertiary/aromatic N) is 2. The predicted molar refractivity (Wildman–Crippen MR) is 78.2 cm³/mol. The fourth-order valence-corrected chi connectivity index (χ4v) is 2.07. The molecule has 2 aromatic rings. The van der Waals surface area contributed by atoms with Crippen molar-refractivity contribution in [1.29, 1.82) is 0 Å². The van der Waals surface area contributed by atoms with Crippen LogP contribution in [0.5, 0.6) is 0 Å². The Balaban J connectivity index is 2.33. The van der Waals surface area contributed by atoms with Gasteiger partial charge in [0.1, 0.15) is 0 Å². The lowest BCUT2D eigenvalue weighted by atomic mass is 10.1. The van der Waals surface area contributed by atoms with Gasteiger partial charge in [-0.25, -0.2) is 4.79 Å². The Kier molecular flexibility index (Phi) is 3.94. The van der Waals surface area contributed by atoms with Crippen molar-refractivity contribution >= 4 is 17.3 Å². The van der Waals surface area contributed by atoms with E-state index in [1.165, 1.54) is 6.07 Å². The highest BCUT2D eigenvalue weighted by Crippen LogP contribution is 2.22. The smallest absolute Gasteiger partial charge is 0.335 e. The number of carboxylic acids is 1. The molecule has 2 rings (SSSR count). The molecule has 0 saturated carbocycles. The summed E-state index contributed by atoms with van der Waals surface area (Å²) < 4.78 is 0. The highest BCUT2D eigenvalue weighted by Gasteiger charge is 2.05. The monoisotopic (exact) mass is 268 g/mol. The van der Waals surface area contributed by atoms with Crippen molar-refractivity contribution in [2.75, 3.05) is 0 Å². The zero-order chi connectivity index (χ0) is 14.7. The Morgan fingerprint density at radius 1 is 0.800 bits per heavy atom. The second-order valence-electron chi connectivity index (χ2n) is 4.91. The molecule has 0 amide bonds. The summed E-state index contributed by atoms with van der Waals surface area (Å²) in [6, 6.07) is 10.9. The average Bonchev–Trinajstić information content (AvgIpc) is 2.34. The van der Waals surface area contributed by atoms with Gasteiger partial charge in [-0.1, -0.05) is 6.07 Å². The fourth-order valence-electron chi connectivity index (χ4n) is 2.07. The van der Waals surface area contributed by atoms with E-state index in [1.807, 2.05) is 32.9 Å². The standard InChI is InChI=1S/C16H16N2O2/c1-10-4-11(2)7-14(6-10)17-18-15-8-12(3)5-13(9-15)16(19)20/h4-9H,1-3H3,(H,19,20). The van der Waals surface area contributed by atoms with E-state index in [0.29, 0.717) is 5.69 Å². The van der Waals surface area contributed by atoms with Gasteiger partial charge in [0.25, 0.3) is 0 Å². The van der Waals surface area contributed by atoms with E-state index >= 15 is 0 Å². The number of aromatic carboxylic acids is 1. The first-order chi connectivity index (χ1) is 9.44. The van der Waals surface area contributed by atoms with Gasteiger partial charge >= 0.3 is 5.97 Å². The lowest BCUT2D eigenvalue weighted by molar-refractivity contribution is 0.0697. The third-order valence-corrected chi connectivity index (χ3v) is 2.80. The van der Waals surface area contributed by atoms with E-state index in [4.69, 9.17) is 5.11 Å². The quantitative estimate of drug-likeness (QED) is 0.818. The average molecular weight is 268 g/mol. The van der Waals surface area contributed by atoms with Gasteiger partial charge in [-0.2, -0.15) is 10.2 Å². The number of aryl methyl sites for hydroxylation is 3. The zero-order valence-electron chi connectivity index (χ0n) is 11.7. The molecule has 1 N–H and O–H groups in total. The Hall–Kier alpha value is -2.49. The molecule has 0 aliphatic heterocycles. The minimum absolute atomic E-state index is 0.222. The molecule has 0 aliphatic carbocycles. The van der Waals surface area contributed by atoms with Crippen molar-refractivity contribution in [3.8, 4) is 0 Å². The van der Waals surface area contributed by atoms with E-state index in [2.05, 4.69) is 16.3 Å². The minimum Gasteiger partial charge on any atom is -0.478 e. The number of hydrogen-bond donors (Lipinski definition) is 1. The van der Waals surface area contributed by atoms with Gasteiger partial charge in [-0.05, 0) is 67.8 Å². The van der Waals surface area contributed by atoms with Crippen molar-refractivity contribution in [2.24, 2.45) is 10.2 Å². The molecule has 0 atom stereocenters. The molecule has 102 valence electrons. The molecule has 0 unspecified atom stereocenters. The molecule has 4 nitrogen and oxygen atoms in total. The second kappa shape index (κ2) is 5.65. The van der Waals surface area contributed by atoms with Gasteiger partial charge in [0.2, 0.25) is 0 Å². The largest absolute Gasteiger partial charge is 0.478 e. The summed E-state index contributed by atoms with van der Waals surface area (Å²) in [7, 11) is 0. The molecule has 0 spiro atoms. The maximum absolute atomic E-state index is 11.0. The lowest BCUT2D eigenvalue weighted by Gasteiger charge is -2.01. The Labute approximate surface area is 117 Å². The van der Waals surface area contributed by atoms with Crippen LogP contribution in [0.15, 0.2) is 46.6 Å². The molecule has 20 heavy (non-hydrogen) atoms. The molecule has 2 aromatic carbocycles. The number of benzene rings is 2. The SMILES string of the molecule is Cc1cc(C)cc(N=Nc2cc(C)cc(C(=O)O)c2)c1. The van der Waals surface area contributed by atoms with Crippen LogP contribution in [0.4, 0.5) is 11.4 Å². The summed E-state index contributed by atoms with van der Waals surface area (Å²) in [4.78, 5) is 11.0. The van der Waals surface area contributed by atoms with Crippen molar-refractivity contribution in [3.63, 3.8) is 0 Å². The molecular formula is C16H16N2O2. The minimum atomic E-state index is -0.962. The topological polar surface area (TPSA) is 62.0 Å². The molecule has 4 heteroatoms. The summed E-state index contributed by atoms with van der Waals surface area (Å²) in [5.41, 5.74) is 4.62. The van der Waals surface area contributed by atoms with E-state index < -0.39 is 5.97 Å². The number of azo groups is 1. The van der Waals surface area contributed by atoms with Crippen LogP contribution in [0, 0.1) is 20.8 Å². The van der Waals surface area contributed by atoms with Crippen LogP contribution in [-0.2, 0) is 0 Å². The van der Waals surface area contributed by atoms with Crippen LogP contribution in [0.1, 0.15) is 27.0 Å². The lowest BCUT2D eigenvalue weighted by Crippen LogP contribution is -1.95. The molecule has 0 aliphatic rings. The van der Waals surface area contributed by atoms with Gasteiger partial charge in [-0.3, -0.25) is 0 Å². The zero-order valence-corrected chi connectivity index (χ0v) is 11.7. The van der Waals surface area contributed by atoms with Crippen molar-refractivity contribution in [2.45, 2.75) is 20.8 Å². The molecule has 0 heterocycles. The maximum Gasteiger partial charge on any atom is 0.335 e. The van der Waals surface area contributed by atoms with Crippen LogP contribution in [-0.4, -0.2) is 11.1 Å². The van der Waals surface area contributed by atoms with Crippen LogP contribution >= 0.6 is 0 Å². The first-order valence-corrected chi connectivity index (χ1v) is 6.29. The summed E-state index contributed by atoms with van der Waals surface area (Å²) >= 11 is 0. The number of carbonyl (C=O) groups is 1. The number of rotatable bonds is 3. The summed E-state index contributed by atoms with van der Waals surface area (Å²) in [6.45, 7) is 5.84. The van der Waals surface area contributed by atoms with Crippen LogP contribution in [0.25, 0.3) is 0 Å². The van der Waals surface area contributed by atoms with Gasteiger partial charge < -0.3 is 5.11 Å². The van der Waals surface area contributed by atoms with E-state index in [1.54, 1.807) is 12.1 Å². The Bertz CT molecular complexity index is 671. The molecule has 0 saturated heterocycles. The molecule has 0 aromatic heterocycles. The van der Waals surface area contributed by atoms with Gasteiger partial charge in [0.15, 0.2) is 0 Å².